The third kappa shape index (κ3) is 7.50. The highest BCUT2D eigenvalue weighted by molar-refractivity contribution is 6.74. The van der Waals surface area contributed by atoms with Gasteiger partial charge in [-0.2, -0.15) is 0 Å². The summed E-state index contributed by atoms with van der Waals surface area (Å²) in [6.07, 6.45) is 14.1. The van der Waals surface area contributed by atoms with Crippen molar-refractivity contribution in [1.82, 2.24) is 0 Å². The molecule has 0 heterocycles. The van der Waals surface area contributed by atoms with Crippen LogP contribution in [0, 0.1) is 29.6 Å². The van der Waals surface area contributed by atoms with E-state index >= 15 is 0 Å². The summed E-state index contributed by atoms with van der Waals surface area (Å²) < 4.78 is 12.1. The Labute approximate surface area is 227 Å². The van der Waals surface area contributed by atoms with E-state index in [9.17, 15) is 14.7 Å². The lowest BCUT2D eigenvalue weighted by Crippen LogP contribution is -2.41. The molecule has 3 fully saturated rings. The Bertz CT molecular complexity index is 818. The first-order valence-corrected chi connectivity index (χ1v) is 18.0. The van der Waals surface area contributed by atoms with Crippen LogP contribution in [0.1, 0.15) is 112 Å². The van der Waals surface area contributed by atoms with E-state index in [1.807, 2.05) is 0 Å². The number of hydrogen-bond donors (Lipinski definition) is 1. The minimum atomic E-state index is -2.02. The Morgan fingerprint density at radius 3 is 2.38 bits per heavy atom. The molecule has 0 amide bonds. The fourth-order valence-corrected chi connectivity index (χ4v) is 7.86. The standard InChI is InChI=1S/C31H54O5Si/c1-8-35-28(32)15-12-20-31(5,34)26-21-25-23(17-18-24(25)29(26)33)27(36-37(6,7)30(2,3)4)19-16-22-13-10-9-11-14-22/h19,22-26,34H,8-18,20-21H2,1-7H3/b27-19+/t23-,24?,25?,26-,31?/m1/s1. The van der Waals surface area contributed by atoms with Gasteiger partial charge in [-0.15, -0.1) is 0 Å². The van der Waals surface area contributed by atoms with E-state index in [1.165, 1.54) is 32.1 Å². The number of esters is 1. The molecular formula is C31H54O5Si. The van der Waals surface area contributed by atoms with Crippen LogP contribution in [-0.2, 0) is 18.8 Å². The molecule has 1 N–H and O–H groups in total. The third-order valence-electron chi connectivity index (χ3n) is 10.1. The van der Waals surface area contributed by atoms with Crippen molar-refractivity contribution in [2.45, 2.75) is 135 Å². The zero-order valence-electron chi connectivity index (χ0n) is 24.7. The van der Waals surface area contributed by atoms with Crippen molar-refractivity contribution in [3.8, 4) is 0 Å². The summed E-state index contributed by atoms with van der Waals surface area (Å²) >= 11 is 0. The van der Waals surface area contributed by atoms with Crippen molar-refractivity contribution >= 4 is 20.1 Å². The molecule has 3 aliphatic carbocycles. The highest BCUT2D eigenvalue weighted by atomic mass is 28.4. The molecule has 3 aliphatic rings. The van der Waals surface area contributed by atoms with E-state index in [0.717, 1.165) is 37.4 Å². The number of rotatable bonds is 11. The van der Waals surface area contributed by atoms with Crippen LogP contribution < -0.4 is 0 Å². The van der Waals surface area contributed by atoms with Crippen molar-refractivity contribution in [1.29, 1.82) is 0 Å². The van der Waals surface area contributed by atoms with E-state index in [-0.39, 0.29) is 46.9 Å². The molecule has 5 atom stereocenters. The largest absolute Gasteiger partial charge is 0.547 e. The minimum absolute atomic E-state index is 0.0210. The van der Waals surface area contributed by atoms with E-state index in [4.69, 9.17) is 9.16 Å². The molecule has 0 aromatic heterocycles. The number of ether oxygens (including phenoxy) is 1. The number of fused-ring (bicyclic) bond motifs is 1. The topological polar surface area (TPSA) is 72.8 Å². The second kappa shape index (κ2) is 12.4. The van der Waals surface area contributed by atoms with E-state index in [0.29, 0.717) is 19.4 Å². The van der Waals surface area contributed by atoms with Gasteiger partial charge in [0.05, 0.1) is 18.0 Å². The van der Waals surface area contributed by atoms with Crippen LogP contribution in [-0.4, -0.2) is 37.4 Å². The first-order valence-electron chi connectivity index (χ1n) is 15.1. The molecule has 37 heavy (non-hydrogen) atoms. The summed E-state index contributed by atoms with van der Waals surface area (Å²) in [6, 6.07) is 0. The summed E-state index contributed by atoms with van der Waals surface area (Å²) in [5.74, 6) is 2.08. The smallest absolute Gasteiger partial charge is 0.305 e. The van der Waals surface area contributed by atoms with Gasteiger partial charge in [0.25, 0.3) is 0 Å². The summed E-state index contributed by atoms with van der Waals surface area (Å²) in [5, 5.41) is 11.5. The average molecular weight is 535 g/mol. The molecule has 0 aliphatic heterocycles. The molecule has 5 nitrogen and oxygen atoms in total. The molecule has 0 radical (unpaired) electrons. The van der Waals surface area contributed by atoms with Gasteiger partial charge in [-0.25, -0.2) is 0 Å². The monoisotopic (exact) mass is 534 g/mol. The molecule has 3 rings (SSSR count). The summed E-state index contributed by atoms with van der Waals surface area (Å²) in [6.45, 7) is 15.5. The summed E-state index contributed by atoms with van der Waals surface area (Å²) in [5.41, 5.74) is -1.09. The Kier molecular flexibility index (Phi) is 10.2. The number of carbonyl (C=O) groups is 2. The number of hydrogen-bond acceptors (Lipinski definition) is 5. The molecule has 6 heteroatoms. The number of ketones is 1. The maximum Gasteiger partial charge on any atom is 0.305 e. The molecule has 3 unspecified atom stereocenters. The quantitative estimate of drug-likeness (QED) is 0.168. The van der Waals surface area contributed by atoms with E-state index in [1.54, 1.807) is 13.8 Å². The SMILES string of the molecule is CCOC(=O)CCCC(C)(O)[C@@H]1CC2C(CC[C@H]2/C(=C\CC2CCCCC2)O[Si](C)(C)C(C)(C)C)C1=O. The summed E-state index contributed by atoms with van der Waals surface area (Å²) in [7, 11) is -2.02. The Balaban J connectivity index is 1.75. The zero-order chi connectivity index (χ0) is 27.4. The third-order valence-corrected chi connectivity index (χ3v) is 14.4. The van der Waals surface area contributed by atoms with Crippen molar-refractivity contribution in [3.63, 3.8) is 0 Å². The van der Waals surface area contributed by atoms with Gasteiger partial charge >= 0.3 is 5.97 Å². The van der Waals surface area contributed by atoms with Gasteiger partial charge in [0, 0.05) is 24.2 Å². The van der Waals surface area contributed by atoms with Crippen molar-refractivity contribution in [3.05, 3.63) is 11.8 Å². The summed E-state index contributed by atoms with van der Waals surface area (Å²) in [4.78, 5) is 25.3. The number of carbonyl (C=O) groups excluding carboxylic acids is 2. The van der Waals surface area contributed by atoms with Crippen LogP contribution in [0.2, 0.25) is 18.1 Å². The molecule has 3 saturated carbocycles. The number of aliphatic hydroxyl groups is 1. The normalized spacial score (nSPS) is 29.2. The van der Waals surface area contributed by atoms with Crippen LogP contribution in [0.3, 0.4) is 0 Å². The molecule has 0 aromatic carbocycles. The maximum absolute atomic E-state index is 13.5. The van der Waals surface area contributed by atoms with Crippen molar-refractivity contribution < 1.29 is 23.9 Å². The van der Waals surface area contributed by atoms with E-state index in [2.05, 4.69) is 39.9 Å². The van der Waals surface area contributed by atoms with Gasteiger partial charge in [-0.3, -0.25) is 9.59 Å². The molecule has 0 saturated heterocycles. The van der Waals surface area contributed by atoms with Crippen LogP contribution in [0.4, 0.5) is 0 Å². The Morgan fingerprint density at radius 1 is 1.08 bits per heavy atom. The zero-order valence-corrected chi connectivity index (χ0v) is 25.7. The lowest BCUT2D eigenvalue weighted by Gasteiger charge is -2.39. The van der Waals surface area contributed by atoms with Gasteiger partial charge in [-0.1, -0.05) is 52.9 Å². The van der Waals surface area contributed by atoms with Crippen LogP contribution in [0.5, 0.6) is 0 Å². The molecule has 212 valence electrons. The Morgan fingerprint density at radius 2 is 1.76 bits per heavy atom. The minimum Gasteiger partial charge on any atom is -0.547 e. The lowest BCUT2D eigenvalue weighted by molar-refractivity contribution is -0.143. The van der Waals surface area contributed by atoms with Crippen LogP contribution >= 0.6 is 0 Å². The number of Topliss-reactive ketones (excluding diaryl/α,β-unsaturated/α-hetero) is 1. The highest BCUT2D eigenvalue weighted by Gasteiger charge is 2.55. The molecule has 0 aromatic rings. The maximum atomic E-state index is 13.5. The predicted octanol–water partition coefficient (Wildman–Crippen LogP) is 7.58. The molecule has 0 spiro atoms. The van der Waals surface area contributed by atoms with Crippen LogP contribution in [0.25, 0.3) is 0 Å². The first kappa shape index (κ1) is 30.4. The number of allylic oxidation sites excluding steroid dienone is 2. The first-order chi connectivity index (χ1) is 17.3. The van der Waals surface area contributed by atoms with Gasteiger partial charge in [0.15, 0.2) is 0 Å². The second-order valence-electron chi connectivity index (χ2n) is 13.9. The second-order valence-corrected chi connectivity index (χ2v) is 18.6. The average Bonchev–Trinajstić information content (AvgIpc) is 3.37. The highest BCUT2D eigenvalue weighted by Crippen LogP contribution is 2.54. The van der Waals surface area contributed by atoms with Gasteiger partial charge in [0.2, 0.25) is 8.32 Å². The van der Waals surface area contributed by atoms with Crippen molar-refractivity contribution in [2.24, 2.45) is 29.6 Å². The van der Waals surface area contributed by atoms with Crippen LogP contribution in [0.15, 0.2) is 11.8 Å². The van der Waals surface area contributed by atoms with Crippen molar-refractivity contribution in [2.75, 3.05) is 6.61 Å². The fraction of sp³-hybridized carbons (Fsp3) is 0.871. The fourth-order valence-electron chi connectivity index (χ4n) is 6.73. The van der Waals surface area contributed by atoms with Gasteiger partial charge < -0.3 is 14.3 Å². The molecule has 0 bridgehead atoms. The molecular weight excluding hydrogens is 480 g/mol. The van der Waals surface area contributed by atoms with E-state index < -0.39 is 13.9 Å². The van der Waals surface area contributed by atoms with Gasteiger partial charge in [0.1, 0.15) is 5.78 Å². The predicted molar refractivity (Wildman–Crippen MR) is 151 cm³/mol. The van der Waals surface area contributed by atoms with Gasteiger partial charge in [-0.05, 0) is 88.4 Å². The Hall–Kier alpha value is -1.14. The lowest BCUT2D eigenvalue weighted by atomic mass is 9.80.